The quantitative estimate of drug-likeness (QED) is 0.844. The summed E-state index contributed by atoms with van der Waals surface area (Å²) in [5.41, 5.74) is 7.58. The van der Waals surface area contributed by atoms with Gasteiger partial charge in [0.1, 0.15) is 5.82 Å². The summed E-state index contributed by atoms with van der Waals surface area (Å²) in [6, 6.07) is 15.1. The molecule has 0 aromatic heterocycles. The first-order valence-corrected chi connectivity index (χ1v) is 6.85. The lowest BCUT2D eigenvalue weighted by Gasteiger charge is -2.12. The van der Waals surface area contributed by atoms with Crippen LogP contribution in [0.25, 0.3) is 0 Å². The van der Waals surface area contributed by atoms with Gasteiger partial charge in [-0.2, -0.15) is 0 Å². The average Bonchev–Trinajstić information content (AvgIpc) is 2.40. The third kappa shape index (κ3) is 3.34. The summed E-state index contributed by atoms with van der Waals surface area (Å²) < 4.78 is 13.4. The lowest BCUT2D eigenvalue weighted by atomic mass is 10.1. The molecule has 0 spiro atoms. The largest absolute Gasteiger partial charge is 0.323 e. The van der Waals surface area contributed by atoms with Gasteiger partial charge in [-0.05, 0) is 36.2 Å². The molecule has 0 saturated carbocycles. The van der Waals surface area contributed by atoms with E-state index in [0.29, 0.717) is 5.56 Å². The molecule has 1 nitrogen and oxygen atoms in total. The Bertz CT molecular complexity index is 513. The molecule has 94 valence electrons. The Hall–Kier alpha value is -1.32. The van der Waals surface area contributed by atoms with Gasteiger partial charge in [-0.25, -0.2) is 4.39 Å². The minimum Gasteiger partial charge on any atom is -0.323 e. The summed E-state index contributed by atoms with van der Waals surface area (Å²) in [6.07, 6.45) is 0. The van der Waals surface area contributed by atoms with E-state index in [1.807, 2.05) is 36.4 Å². The van der Waals surface area contributed by atoms with Gasteiger partial charge >= 0.3 is 0 Å². The number of nitrogens with two attached hydrogens (primary N) is 1. The number of benzene rings is 2. The zero-order valence-corrected chi connectivity index (χ0v) is 11.1. The molecule has 0 amide bonds. The molecule has 18 heavy (non-hydrogen) atoms. The molecule has 0 aliphatic rings. The molecule has 0 aliphatic heterocycles. The topological polar surface area (TPSA) is 26.0 Å². The van der Waals surface area contributed by atoms with Crippen molar-refractivity contribution in [2.24, 2.45) is 5.73 Å². The van der Waals surface area contributed by atoms with Gasteiger partial charge in [-0.1, -0.05) is 30.3 Å². The van der Waals surface area contributed by atoms with Crippen LogP contribution >= 0.6 is 11.8 Å². The summed E-state index contributed by atoms with van der Waals surface area (Å²) in [7, 11) is 0. The molecule has 3 heteroatoms. The maximum Gasteiger partial charge on any atom is 0.126 e. The third-order valence-corrected chi connectivity index (χ3v) is 3.93. The van der Waals surface area contributed by atoms with Crippen LogP contribution in [0, 0.1) is 12.7 Å². The smallest absolute Gasteiger partial charge is 0.126 e. The van der Waals surface area contributed by atoms with Crippen molar-refractivity contribution in [2.45, 2.75) is 17.9 Å². The van der Waals surface area contributed by atoms with Crippen LogP contribution in [0.15, 0.2) is 53.4 Å². The number of aryl methyl sites for hydroxylation is 1. The van der Waals surface area contributed by atoms with Crippen molar-refractivity contribution < 1.29 is 4.39 Å². The lowest BCUT2D eigenvalue weighted by molar-refractivity contribution is 0.613. The van der Waals surface area contributed by atoms with Gasteiger partial charge in [0.05, 0.1) is 0 Å². The van der Waals surface area contributed by atoms with Crippen LogP contribution in [0.4, 0.5) is 4.39 Å². The predicted molar refractivity (Wildman–Crippen MR) is 75.2 cm³/mol. The minimum atomic E-state index is -0.187. The fourth-order valence-electron chi connectivity index (χ4n) is 1.64. The second-order valence-corrected chi connectivity index (χ2v) is 5.33. The Morgan fingerprint density at radius 3 is 2.56 bits per heavy atom. The highest BCUT2D eigenvalue weighted by molar-refractivity contribution is 7.99. The Kier molecular flexibility index (Phi) is 4.39. The lowest BCUT2D eigenvalue weighted by Crippen LogP contribution is -2.13. The van der Waals surface area contributed by atoms with Gasteiger partial charge in [0, 0.05) is 16.7 Å². The minimum absolute atomic E-state index is 0.148. The normalized spacial score (nSPS) is 12.4. The van der Waals surface area contributed by atoms with Gasteiger partial charge in [0.25, 0.3) is 0 Å². The van der Waals surface area contributed by atoms with Crippen molar-refractivity contribution >= 4 is 11.8 Å². The van der Waals surface area contributed by atoms with E-state index in [9.17, 15) is 4.39 Å². The Morgan fingerprint density at radius 1 is 1.17 bits per heavy atom. The van der Waals surface area contributed by atoms with Crippen molar-refractivity contribution in [1.82, 2.24) is 0 Å². The summed E-state index contributed by atoms with van der Waals surface area (Å²) in [4.78, 5) is 1.18. The first kappa shape index (κ1) is 13.1. The number of hydrogen-bond donors (Lipinski definition) is 1. The molecule has 2 aromatic carbocycles. The number of rotatable bonds is 4. The van der Waals surface area contributed by atoms with Crippen LogP contribution in [0.2, 0.25) is 0 Å². The second kappa shape index (κ2) is 6.03. The first-order valence-electron chi connectivity index (χ1n) is 5.86. The highest BCUT2D eigenvalue weighted by Gasteiger charge is 2.08. The van der Waals surface area contributed by atoms with E-state index in [0.717, 1.165) is 11.3 Å². The van der Waals surface area contributed by atoms with Crippen LogP contribution in [0.5, 0.6) is 0 Å². The van der Waals surface area contributed by atoms with Crippen LogP contribution in [0.3, 0.4) is 0 Å². The molecule has 2 aromatic rings. The zero-order valence-electron chi connectivity index (χ0n) is 10.3. The van der Waals surface area contributed by atoms with Crippen LogP contribution in [-0.2, 0) is 0 Å². The van der Waals surface area contributed by atoms with E-state index in [1.165, 1.54) is 11.0 Å². The fourth-order valence-corrected chi connectivity index (χ4v) is 2.55. The third-order valence-electron chi connectivity index (χ3n) is 2.80. The molecule has 0 radical (unpaired) electrons. The Balaban J connectivity index is 1.99. The fraction of sp³-hybridized carbons (Fsp3) is 0.200. The molecular weight excluding hydrogens is 245 g/mol. The molecule has 2 rings (SSSR count). The monoisotopic (exact) mass is 261 g/mol. The molecule has 1 unspecified atom stereocenters. The maximum absolute atomic E-state index is 13.4. The van der Waals surface area contributed by atoms with Crippen LogP contribution in [-0.4, -0.2) is 5.75 Å². The van der Waals surface area contributed by atoms with E-state index in [-0.39, 0.29) is 11.9 Å². The summed E-state index contributed by atoms with van der Waals surface area (Å²) in [5, 5.41) is 0. The molecule has 0 aliphatic carbocycles. The van der Waals surface area contributed by atoms with Crippen LogP contribution < -0.4 is 5.73 Å². The van der Waals surface area contributed by atoms with Gasteiger partial charge in [-0.3, -0.25) is 0 Å². The zero-order chi connectivity index (χ0) is 13.0. The molecule has 0 fully saturated rings. The van der Waals surface area contributed by atoms with Crippen LogP contribution in [0.1, 0.15) is 17.2 Å². The highest BCUT2D eigenvalue weighted by Crippen LogP contribution is 2.24. The molecule has 2 N–H and O–H groups in total. The van der Waals surface area contributed by atoms with Gasteiger partial charge < -0.3 is 5.73 Å². The van der Waals surface area contributed by atoms with Crippen molar-refractivity contribution in [3.05, 3.63) is 65.5 Å². The van der Waals surface area contributed by atoms with Gasteiger partial charge in [-0.15, -0.1) is 11.8 Å². The average molecular weight is 261 g/mol. The maximum atomic E-state index is 13.4. The van der Waals surface area contributed by atoms with E-state index >= 15 is 0 Å². The summed E-state index contributed by atoms with van der Waals surface area (Å²) in [5.74, 6) is 0.555. The number of halogens is 1. The SMILES string of the molecule is Cc1ccc(C(N)CSc2ccccc2)cc1F. The first-order chi connectivity index (χ1) is 8.66. The van der Waals surface area contributed by atoms with Crippen molar-refractivity contribution in [3.63, 3.8) is 0 Å². The molecular formula is C15H16FNS. The summed E-state index contributed by atoms with van der Waals surface area (Å²) >= 11 is 1.69. The summed E-state index contributed by atoms with van der Waals surface area (Å²) in [6.45, 7) is 1.75. The molecule has 0 heterocycles. The predicted octanol–water partition coefficient (Wildman–Crippen LogP) is 3.93. The molecule has 0 saturated heterocycles. The number of thioether (sulfide) groups is 1. The molecule has 0 bridgehead atoms. The Morgan fingerprint density at radius 2 is 1.89 bits per heavy atom. The van der Waals surface area contributed by atoms with Crippen molar-refractivity contribution in [3.8, 4) is 0 Å². The van der Waals surface area contributed by atoms with E-state index < -0.39 is 0 Å². The Labute approximate surface area is 111 Å². The highest BCUT2D eigenvalue weighted by atomic mass is 32.2. The van der Waals surface area contributed by atoms with E-state index in [4.69, 9.17) is 5.73 Å². The van der Waals surface area contributed by atoms with Gasteiger partial charge in [0.2, 0.25) is 0 Å². The van der Waals surface area contributed by atoms with Crippen molar-refractivity contribution in [1.29, 1.82) is 0 Å². The number of hydrogen-bond acceptors (Lipinski definition) is 2. The van der Waals surface area contributed by atoms with E-state index in [2.05, 4.69) is 0 Å². The van der Waals surface area contributed by atoms with Crippen molar-refractivity contribution in [2.75, 3.05) is 5.75 Å². The second-order valence-electron chi connectivity index (χ2n) is 4.24. The molecule has 1 atom stereocenters. The van der Waals surface area contributed by atoms with E-state index in [1.54, 1.807) is 24.8 Å². The standard InChI is InChI=1S/C15H16FNS/c1-11-7-8-12(9-14(11)16)15(17)10-18-13-5-3-2-4-6-13/h2-9,15H,10,17H2,1H3. The van der Waals surface area contributed by atoms with Gasteiger partial charge in [0.15, 0.2) is 0 Å².